The van der Waals surface area contributed by atoms with E-state index in [1.807, 2.05) is 42.5 Å². The summed E-state index contributed by atoms with van der Waals surface area (Å²) in [6.45, 7) is 4.60. The van der Waals surface area contributed by atoms with Crippen LogP contribution in [0.3, 0.4) is 0 Å². The highest BCUT2D eigenvalue weighted by Crippen LogP contribution is 2.53. The third-order valence-electron chi connectivity index (χ3n) is 8.52. The molecule has 0 spiro atoms. The molecule has 0 bridgehead atoms. The van der Waals surface area contributed by atoms with Gasteiger partial charge in [0.1, 0.15) is 5.69 Å². The van der Waals surface area contributed by atoms with Gasteiger partial charge in [0.2, 0.25) is 0 Å². The lowest BCUT2D eigenvalue weighted by Crippen LogP contribution is -2.16. The van der Waals surface area contributed by atoms with Gasteiger partial charge in [-0.25, -0.2) is 19.9 Å². The van der Waals surface area contributed by atoms with E-state index >= 15 is 0 Å². The van der Waals surface area contributed by atoms with Gasteiger partial charge in [-0.2, -0.15) is 0 Å². The zero-order valence-corrected chi connectivity index (χ0v) is 24.0. The molecule has 4 heteroatoms. The summed E-state index contributed by atoms with van der Waals surface area (Å²) in [4.78, 5) is 20.4. The molecule has 0 amide bonds. The van der Waals surface area contributed by atoms with Crippen LogP contribution >= 0.6 is 0 Å². The van der Waals surface area contributed by atoms with Gasteiger partial charge in [0.05, 0.1) is 5.52 Å². The third kappa shape index (κ3) is 4.14. The van der Waals surface area contributed by atoms with Crippen molar-refractivity contribution in [2.24, 2.45) is 0 Å². The van der Waals surface area contributed by atoms with Crippen molar-refractivity contribution >= 4 is 10.9 Å². The third-order valence-corrected chi connectivity index (χ3v) is 8.52. The van der Waals surface area contributed by atoms with Crippen molar-refractivity contribution in [3.63, 3.8) is 0 Å². The number of hydrogen-bond acceptors (Lipinski definition) is 4. The Morgan fingerprint density at radius 2 is 0.953 bits per heavy atom. The highest BCUT2D eigenvalue weighted by atomic mass is 15.0. The van der Waals surface area contributed by atoms with Gasteiger partial charge in [0.15, 0.2) is 17.5 Å². The number of rotatable bonds is 4. The normalized spacial score (nSPS) is 13.1. The second kappa shape index (κ2) is 9.81. The van der Waals surface area contributed by atoms with Crippen LogP contribution in [0.5, 0.6) is 0 Å². The highest BCUT2D eigenvalue weighted by molar-refractivity contribution is 6.00. The first kappa shape index (κ1) is 25.2. The fourth-order valence-corrected chi connectivity index (χ4v) is 6.44. The van der Waals surface area contributed by atoms with E-state index in [1.165, 1.54) is 22.3 Å². The van der Waals surface area contributed by atoms with Crippen LogP contribution in [0.4, 0.5) is 0 Å². The summed E-state index contributed by atoms with van der Waals surface area (Å²) in [5.74, 6) is 1.82. The van der Waals surface area contributed by atoms with Crippen molar-refractivity contribution in [3.8, 4) is 56.5 Å². The van der Waals surface area contributed by atoms with Crippen LogP contribution in [0.2, 0.25) is 0 Å². The monoisotopic (exact) mass is 552 g/mol. The topological polar surface area (TPSA) is 51.6 Å². The van der Waals surface area contributed by atoms with Crippen molar-refractivity contribution in [3.05, 3.63) is 145 Å². The fourth-order valence-electron chi connectivity index (χ4n) is 6.44. The average Bonchev–Trinajstić information content (AvgIpc) is 3.32. The SMILES string of the molecule is CC1(C)c2ccccc2-c2c(-c3nc(-c4ccccc4)nc(-c4ccc(-c5ccccc5)cc4)n3)nc3ccccc3c21. The summed E-state index contributed by atoms with van der Waals surface area (Å²) in [6.07, 6.45) is 0. The maximum absolute atomic E-state index is 5.25. The Labute approximate surface area is 250 Å². The lowest BCUT2D eigenvalue weighted by molar-refractivity contribution is 0.666. The van der Waals surface area contributed by atoms with E-state index in [0.717, 1.165) is 38.9 Å². The van der Waals surface area contributed by atoms with E-state index in [4.69, 9.17) is 19.9 Å². The van der Waals surface area contributed by atoms with E-state index in [2.05, 4.69) is 105 Å². The standard InChI is InChI=1S/C39H28N4/c1-39(2)31-19-11-9-17-29(31)33-34(39)30-18-10-12-20-32(30)40-35(33)38-42-36(27-15-7-4-8-16-27)41-37(43-38)28-23-21-26(22-24-28)25-13-5-3-6-14-25/h3-24H,1-2H3. The van der Waals surface area contributed by atoms with Gasteiger partial charge >= 0.3 is 0 Å². The fraction of sp³-hybridized carbons (Fsp3) is 0.0769. The van der Waals surface area contributed by atoms with Crippen LogP contribution in [0.1, 0.15) is 25.0 Å². The molecule has 0 fully saturated rings. The van der Waals surface area contributed by atoms with Crippen molar-refractivity contribution in [1.82, 2.24) is 19.9 Å². The van der Waals surface area contributed by atoms with Crippen molar-refractivity contribution < 1.29 is 0 Å². The van der Waals surface area contributed by atoms with Crippen LogP contribution in [0.25, 0.3) is 67.5 Å². The van der Waals surface area contributed by atoms with Crippen LogP contribution in [-0.4, -0.2) is 19.9 Å². The summed E-state index contributed by atoms with van der Waals surface area (Å²) in [7, 11) is 0. The number of fused-ring (bicyclic) bond motifs is 5. The number of aromatic nitrogens is 4. The largest absolute Gasteiger partial charge is 0.244 e. The Morgan fingerprint density at radius 3 is 1.67 bits per heavy atom. The van der Waals surface area contributed by atoms with Gasteiger partial charge < -0.3 is 0 Å². The minimum Gasteiger partial charge on any atom is -0.244 e. The Kier molecular flexibility index (Phi) is 5.76. The van der Waals surface area contributed by atoms with Gasteiger partial charge in [-0.1, -0.05) is 141 Å². The number of hydrogen-bond donors (Lipinski definition) is 0. The zero-order valence-electron chi connectivity index (χ0n) is 24.0. The zero-order chi connectivity index (χ0) is 29.0. The van der Waals surface area contributed by atoms with E-state index in [1.54, 1.807) is 0 Å². The molecule has 8 rings (SSSR count). The van der Waals surface area contributed by atoms with Crippen LogP contribution in [-0.2, 0) is 5.41 Å². The van der Waals surface area contributed by atoms with Gasteiger partial charge in [-0.3, -0.25) is 0 Å². The Hall–Kier alpha value is -5.48. The molecular formula is C39H28N4. The summed E-state index contributed by atoms with van der Waals surface area (Å²) < 4.78 is 0. The number of benzene rings is 5. The second-order valence-electron chi connectivity index (χ2n) is 11.5. The predicted octanol–water partition coefficient (Wildman–Crippen LogP) is 9.39. The number of nitrogens with zero attached hydrogens (tertiary/aromatic N) is 4. The van der Waals surface area contributed by atoms with E-state index in [9.17, 15) is 0 Å². The molecule has 5 aromatic carbocycles. The number of para-hydroxylation sites is 1. The van der Waals surface area contributed by atoms with Gasteiger partial charge in [-0.15, -0.1) is 0 Å². The average molecular weight is 553 g/mol. The molecule has 0 saturated carbocycles. The molecule has 0 aliphatic heterocycles. The molecule has 0 unspecified atom stereocenters. The lowest BCUT2D eigenvalue weighted by atomic mass is 9.80. The summed E-state index contributed by atoms with van der Waals surface area (Å²) in [5.41, 5.74) is 10.6. The molecule has 0 N–H and O–H groups in total. The first-order valence-corrected chi connectivity index (χ1v) is 14.6. The van der Waals surface area contributed by atoms with E-state index in [0.29, 0.717) is 17.5 Å². The molecule has 2 heterocycles. The minimum atomic E-state index is -0.200. The Bertz CT molecular complexity index is 2130. The quantitative estimate of drug-likeness (QED) is 0.218. The maximum Gasteiger partial charge on any atom is 0.183 e. The predicted molar refractivity (Wildman–Crippen MR) is 174 cm³/mol. The van der Waals surface area contributed by atoms with Crippen LogP contribution < -0.4 is 0 Å². The molecule has 1 aliphatic rings. The van der Waals surface area contributed by atoms with Gasteiger partial charge in [0.25, 0.3) is 0 Å². The molecule has 2 aromatic heterocycles. The summed E-state index contributed by atoms with van der Waals surface area (Å²) in [6, 6.07) is 46.0. The molecule has 0 atom stereocenters. The van der Waals surface area contributed by atoms with E-state index < -0.39 is 0 Å². The van der Waals surface area contributed by atoms with Crippen LogP contribution in [0, 0.1) is 0 Å². The maximum atomic E-state index is 5.25. The molecule has 4 nitrogen and oxygen atoms in total. The molecule has 0 radical (unpaired) electrons. The van der Waals surface area contributed by atoms with Crippen molar-refractivity contribution in [2.75, 3.05) is 0 Å². The van der Waals surface area contributed by atoms with Crippen molar-refractivity contribution in [2.45, 2.75) is 19.3 Å². The molecule has 7 aromatic rings. The van der Waals surface area contributed by atoms with Gasteiger partial charge in [-0.05, 0) is 33.9 Å². The summed E-state index contributed by atoms with van der Waals surface area (Å²) >= 11 is 0. The minimum absolute atomic E-state index is 0.200. The molecule has 204 valence electrons. The molecule has 1 aliphatic carbocycles. The first-order chi connectivity index (χ1) is 21.1. The highest BCUT2D eigenvalue weighted by Gasteiger charge is 2.39. The smallest absolute Gasteiger partial charge is 0.183 e. The van der Waals surface area contributed by atoms with Crippen molar-refractivity contribution in [1.29, 1.82) is 0 Å². The number of pyridine rings is 1. The van der Waals surface area contributed by atoms with Crippen LogP contribution in [0.15, 0.2) is 133 Å². The second-order valence-corrected chi connectivity index (χ2v) is 11.5. The Balaban J connectivity index is 1.38. The lowest BCUT2D eigenvalue weighted by Gasteiger charge is -2.23. The summed E-state index contributed by atoms with van der Waals surface area (Å²) in [5, 5.41) is 1.16. The molecule has 43 heavy (non-hydrogen) atoms. The molecule has 0 saturated heterocycles. The first-order valence-electron chi connectivity index (χ1n) is 14.6. The Morgan fingerprint density at radius 1 is 0.442 bits per heavy atom. The molecular weight excluding hydrogens is 524 g/mol. The van der Waals surface area contributed by atoms with Gasteiger partial charge in [0, 0.05) is 27.5 Å². The van der Waals surface area contributed by atoms with E-state index in [-0.39, 0.29) is 5.41 Å².